The highest BCUT2D eigenvalue weighted by molar-refractivity contribution is 7.19. The Morgan fingerprint density at radius 2 is 2.07 bits per heavy atom. The number of aliphatic carboxylic acids is 1. The van der Waals surface area contributed by atoms with E-state index in [0.717, 1.165) is 38.1 Å². The molecule has 0 spiro atoms. The van der Waals surface area contributed by atoms with Gasteiger partial charge in [-0.1, -0.05) is 42.0 Å². The van der Waals surface area contributed by atoms with Gasteiger partial charge in [-0.15, -0.1) is 11.3 Å². The smallest absolute Gasteiger partial charge is 0.303 e. The molecule has 0 radical (unpaired) electrons. The highest BCUT2D eigenvalue weighted by atomic mass is 32.1. The highest BCUT2D eigenvalue weighted by Gasteiger charge is 2.24. The van der Waals surface area contributed by atoms with Crippen molar-refractivity contribution in [2.24, 2.45) is 0 Å². The maximum Gasteiger partial charge on any atom is 0.303 e. The zero-order valence-electron chi connectivity index (χ0n) is 16.6. The van der Waals surface area contributed by atoms with Gasteiger partial charge in [0.25, 0.3) is 0 Å². The molecule has 0 saturated heterocycles. The minimum atomic E-state index is -0.777. The fourth-order valence-corrected chi connectivity index (χ4v) is 4.63. The molecule has 5 heteroatoms. The maximum absolute atomic E-state index is 12.4. The predicted octanol–water partition coefficient (Wildman–Crippen LogP) is 5.74. The molecule has 0 bridgehead atoms. The van der Waals surface area contributed by atoms with Crippen molar-refractivity contribution in [3.05, 3.63) is 70.2 Å². The average molecular weight is 411 g/mol. The molecule has 1 aromatic carbocycles. The third kappa shape index (κ3) is 5.52. The van der Waals surface area contributed by atoms with Crippen LogP contribution in [0.25, 0.3) is 10.1 Å². The number of carbonyl (C=O) groups is 2. The Kier molecular flexibility index (Phi) is 7.18. The molecule has 29 heavy (non-hydrogen) atoms. The standard InChI is InChI=1S/C24H26O4S/c1-16-14-21(26)19(18(16)9-4-2-3-5-11-24(27)28)12-13-20(25)23-15-17-8-6-7-10-22(17)29-23/h2,4,6-8,10,12,15,20,25H,3,5,9,11,13-14H2,1H3,(H,27,28)/b4-2-,19-12?/t20-/m1/s1. The summed E-state index contributed by atoms with van der Waals surface area (Å²) in [4.78, 5) is 23.9. The zero-order chi connectivity index (χ0) is 20.8. The number of Topliss-reactive ketones (excluding diaryl/α,β-unsaturated/α-hetero) is 1. The molecule has 0 saturated carbocycles. The molecule has 2 N–H and O–H groups in total. The van der Waals surface area contributed by atoms with Crippen molar-refractivity contribution >= 4 is 33.2 Å². The minimum Gasteiger partial charge on any atom is -0.481 e. The average Bonchev–Trinajstić information content (AvgIpc) is 3.23. The first-order valence-electron chi connectivity index (χ1n) is 9.91. The molecule has 0 fully saturated rings. The number of thiophene rings is 1. The van der Waals surface area contributed by atoms with Gasteiger partial charge in [0.2, 0.25) is 0 Å². The summed E-state index contributed by atoms with van der Waals surface area (Å²) in [5, 5.41) is 20.4. The molecular weight excluding hydrogens is 384 g/mol. The Hall–Kier alpha value is -2.50. The molecule has 1 atom stereocenters. The lowest BCUT2D eigenvalue weighted by atomic mass is 10.0. The quantitative estimate of drug-likeness (QED) is 0.314. The van der Waals surface area contributed by atoms with Gasteiger partial charge >= 0.3 is 5.97 Å². The second-order valence-electron chi connectivity index (χ2n) is 7.38. The summed E-state index contributed by atoms with van der Waals surface area (Å²) in [5.74, 6) is -0.666. The first-order chi connectivity index (χ1) is 14.0. The van der Waals surface area contributed by atoms with Crippen molar-refractivity contribution < 1.29 is 19.8 Å². The minimum absolute atomic E-state index is 0.111. The second-order valence-corrected chi connectivity index (χ2v) is 8.49. The number of fused-ring (bicyclic) bond motifs is 1. The van der Waals surface area contributed by atoms with E-state index in [1.165, 1.54) is 0 Å². The molecule has 4 nitrogen and oxygen atoms in total. The lowest BCUT2D eigenvalue weighted by Gasteiger charge is -2.07. The lowest BCUT2D eigenvalue weighted by Crippen LogP contribution is -1.99. The van der Waals surface area contributed by atoms with Crippen LogP contribution in [-0.4, -0.2) is 22.0 Å². The maximum atomic E-state index is 12.4. The third-order valence-electron chi connectivity index (χ3n) is 5.13. The number of carboxylic acids is 1. The van der Waals surface area contributed by atoms with Crippen LogP contribution in [-0.2, 0) is 9.59 Å². The molecule has 0 unspecified atom stereocenters. The second kappa shape index (κ2) is 9.81. The van der Waals surface area contributed by atoms with Gasteiger partial charge in [-0.2, -0.15) is 0 Å². The van der Waals surface area contributed by atoms with E-state index in [9.17, 15) is 14.7 Å². The predicted molar refractivity (Wildman–Crippen MR) is 117 cm³/mol. The fraction of sp³-hybridized carbons (Fsp3) is 0.333. The van der Waals surface area contributed by atoms with Crippen molar-refractivity contribution in [1.82, 2.24) is 0 Å². The van der Waals surface area contributed by atoms with Gasteiger partial charge in [0.15, 0.2) is 5.78 Å². The summed E-state index contributed by atoms with van der Waals surface area (Å²) in [5.41, 5.74) is 2.83. The molecule has 152 valence electrons. The van der Waals surface area contributed by atoms with Gasteiger partial charge in [0.05, 0.1) is 6.10 Å². The highest BCUT2D eigenvalue weighted by Crippen LogP contribution is 2.35. The van der Waals surface area contributed by atoms with E-state index in [4.69, 9.17) is 5.11 Å². The molecular formula is C24H26O4S. The van der Waals surface area contributed by atoms with Crippen LogP contribution in [0, 0.1) is 0 Å². The number of ketones is 1. The van der Waals surface area contributed by atoms with Gasteiger partial charge in [-0.3, -0.25) is 9.59 Å². The summed E-state index contributed by atoms with van der Waals surface area (Å²) >= 11 is 1.58. The van der Waals surface area contributed by atoms with Gasteiger partial charge in [0, 0.05) is 28.0 Å². The largest absolute Gasteiger partial charge is 0.481 e. The molecule has 0 aliphatic heterocycles. The van der Waals surface area contributed by atoms with Gasteiger partial charge in [-0.05, 0) is 55.7 Å². The van der Waals surface area contributed by atoms with Crippen LogP contribution < -0.4 is 0 Å². The Morgan fingerprint density at radius 3 is 2.83 bits per heavy atom. The third-order valence-corrected chi connectivity index (χ3v) is 6.35. The number of unbranched alkanes of at least 4 members (excludes halogenated alkanes) is 1. The summed E-state index contributed by atoms with van der Waals surface area (Å²) in [7, 11) is 0. The van der Waals surface area contributed by atoms with E-state index in [2.05, 4.69) is 0 Å². The Balaban J connectivity index is 1.63. The summed E-state index contributed by atoms with van der Waals surface area (Å²) < 4.78 is 1.15. The number of aliphatic hydroxyl groups excluding tert-OH is 1. The van der Waals surface area contributed by atoms with Crippen molar-refractivity contribution in [3.8, 4) is 0 Å². The van der Waals surface area contributed by atoms with E-state index < -0.39 is 12.1 Å². The topological polar surface area (TPSA) is 74.6 Å². The zero-order valence-corrected chi connectivity index (χ0v) is 17.4. The molecule has 2 aromatic rings. The number of hydrogen-bond donors (Lipinski definition) is 2. The Labute approximate surface area is 174 Å². The summed E-state index contributed by atoms with van der Waals surface area (Å²) in [6.45, 7) is 1.98. The number of aliphatic hydroxyl groups is 1. The first-order valence-corrected chi connectivity index (χ1v) is 10.7. The van der Waals surface area contributed by atoms with Crippen molar-refractivity contribution in [2.45, 2.75) is 51.6 Å². The molecule has 1 aliphatic rings. The van der Waals surface area contributed by atoms with E-state index in [-0.39, 0.29) is 12.2 Å². The van der Waals surface area contributed by atoms with Gasteiger partial charge < -0.3 is 10.2 Å². The fourth-order valence-electron chi connectivity index (χ4n) is 3.56. The Bertz CT molecular complexity index is 960. The number of allylic oxidation sites excluding steroid dienone is 5. The lowest BCUT2D eigenvalue weighted by molar-refractivity contribution is -0.137. The summed E-state index contributed by atoms with van der Waals surface area (Å²) in [6.07, 6.45) is 8.26. The normalized spacial score (nSPS) is 17.2. The van der Waals surface area contributed by atoms with E-state index in [0.29, 0.717) is 25.7 Å². The van der Waals surface area contributed by atoms with Crippen LogP contribution >= 0.6 is 11.3 Å². The summed E-state index contributed by atoms with van der Waals surface area (Å²) in [6, 6.07) is 10.1. The van der Waals surface area contributed by atoms with Crippen molar-refractivity contribution in [3.63, 3.8) is 0 Å². The molecule has 1 heterocycles. The van der Waals surface area contributed by atoms with Crippen LogP contribution in [0.1, 0.15) is 56.4 Å². The Morgan fingerprint density at radius 1 is 1.28 bits per heavy atom. The van der Waals surface area contributed by atoms with Crippen molar-refractivity contribution in [2.75, 3.05) is 0 Å². The van der Waals surface area contributed by atoms with Crippen LogP contribution in [0.3, 0.4) is 0 Å². The van der Waals surface area contributed by atoms with E-state index >= 15 is 0 Å². The number of carbonyl (C=O) groups excluding carboxylic acids is 1. The van der Waals surface area contributed by atoms with Crippen LogP contribution in [0.4, 0.5) is 0 Å². The monoisotopic (exact) mass is 410 g/mol. The van der Waals surface area contributed by atoms with E-state index in [1.807, 2.05) is 55.5 Å². The van der Waals surface area contributed by atoms with Crippen LogP contribution in [0.15, 0.2) is 65.3 Å². The SMILES string of the molecule is CC1=C(C/C=C\CCCC(=O)O)C(=CC[C@@H](O)c2cc3ccccc3s2)C(=O)C1. The number of carboxylic acid groups (broad SMARTS) is 1. The molecule has 3 rings (SSSR count). The first kappa shape index (κ1) is 21.2. The van der Waals surface area contributed by atoms with Crippen molar-refractivity contribution in [1.29, 1.82) is 0 Å². The molecule has 1 aliphatic carbocycles. The molecule has 0 amide bonds. The number of rotatable bonds is 9. The van der Waals surface area contributed by atoms with Crippen LogP contribution in [0.2, 0.25) is 0 Å². The number of benzene rings is 1. The van der Waals surface area contributed by atoms with Crippen LogP contribution in [0.5, 0.6) is 0 Å². The van der Waals surface area contributed by atoms with E-state index in [1.54, 1.807) is 11.3 Å². The number of hydrogen-bond acceptors (Lipinski definition) is 4. The van der Waals surface area contributed by atoms with Gasteiger partial charge in [0.1, 0.15) is 0 Å². The van der Waals surface area contributed by atoms with Gasteiger partial charge in [-0.25, -0.2) is 0 Å². The molecule has 1 aromatic heterocycles.